The minimum absolute atomic E-state index is 0.139. The van der Waals surface area contributed by atoms with E-state index in [4.69, 9.17) is 9.47 Å². The highest BCUT2D eigenvalue weighted by atomic mass is 16.6. The number of rotatable bonds is 6. The molecule has 28 heavy (non-hydrogen) atoms. The van der Waals surface area contributed by atoms with Gasteiger partial charge in [-0.25, -0.2) is 4.79 Å². The number of hydrogen-bond donors (Lipinski definition) is 1. The van der Waals surface area contributed by atoms with Gasteiger partial charge in [0, 0.05) is 51.0 Å². The molecule has 1 saturated heterocycles. The molecule has 1 aliphatic rings. The summed E-state index contributed by atoms with van der Waals surface area (Å²) in [6.45, 7) is 12.5. The second kappa shape index (κ2) is 9.50. The summed E-state index contributed by atoms with van der Waals surface area (Å²) in [5, 5.41) is 3.01. The number of hydrogen-bond acceptors (Lipinski definition) is 5. The third kappa shape index (κ3) is 6.89. The van der Waals surface area contributed by atoms with Crippen molar-refractivity contribution >= 4 is 11.8 Å². The maximum atomic E-state index is 12.0. The first kappa shape index (κ1) is 22.3. The Morgan fingerprint density at radius 2 is 1.89 bits per heavy atom. The van der Waals surface area contributed by atoms with Gasteiger partial charge in [0.25, 0.3) is 0 Å². The molecule has 0 aliphatic carbocycles. The van der Waals surface area contributed by atoms with Gasteiger partial charge in [0.2, 0.25) is 0 Å². The number of nitrogens with one attached hydrogen (secondary N) is 1. The van der Waals surface area contributed by atoms with Crippen LogP contribution in [0.2, 0.25) is 0 Å². The van der Waals surface area contributed by atoms with Crippen molar-refractivity contribution < 1.29 is 14.3 Å². The molecule has 1 N–H and O–H groups in total. The molecular formula is C22H37N3O3. The SMILES string of the molecule is CC(C)Oc1cccc(N(C)C)c1CN1CCC(NC(=O)OC(C)(C)C)CC1. The lowest BCUT2D eigenvalue weighted by Crippen LogP contribution is -2.45. The number of benzene rings is 1. The second-order valence-corrected chi connectivity index (χ2v) is 9.01. The zero-order valence-electron chi connectivity index (χ0n) is 18.5. The summed E-state index contributed by atoms with van der Waals surface area (Å²) in [5.74, 6) is 0.954. The van der Waals surface area contributed by atoms with Gasteiger partial charge in [-0.2, -0.15) is 0 Å². The van der Waals surface area contributed by atoms with E-state index >= 15 is 0 Å². The molecule has 0 unspecified atom stereocenters. The number of likely N-dealkylation sites (tertiary alicyclic amines) is 1. The number of anilines is 1. The first-order valence-electron chi connectivity index (χ1n) is 10.2. The summed E-state index contributed by atoms with van der Waals surface area (Å²) in [6.07, 6.45) is 1.66. The second-order valence-electron chi connectivity index (χ2n) is 9.01. The predicted molar refractivity (Wildman–Crippen MR) is 114 cm³/mol. The fourth-order valence-corrected chi connectivity index (χ4v) is 3.43. The minimum atomic E-state index is -0.465. The quantitative estimate of drug-likeness (QED) is 0.793. The Hall–Kier alpha value is -1.95. The van der Waals surface area contributed by atoms with E-state index < -0.39 is 5.60 Å². The van der Waals surface area contributed by atoms with Gasteiger partial charge in [0.05, 0.1) is 6.10 Å². The standard InChI is InChI=1S/C22H37N3O3/c1-16(2)27-20-10-8-9-19(24(6)7)18(20)15-25-13-11-17(12-14-25)23-21(26)28-22(3,4)5/h8-10,16-17H,11-15H2,1-7H3,(H,23,26). The number of ether oxygens (including phenoxy) is 2. The Bertz CT molecular complexity index is 645. The average molecular weight is 392 g/mol. The van der Waals surface area contributed by atoms with Crippen LogP contribution in [-0.2, 0) is 11.3 Å². The third-order valence-electron chi connectivity index (χ3n) is 4.64. The molecule has 1 aromatic carbocycles. The van der Waals surface area contributed by atoms with Gasteiger partial charge >= 0.3 is 6.09 Å². The molecule has 0 radical (unpaired) electrons. The normalized spacial score (nSPS) is 16.1. The topological polar surface area (TPSA) is 54.0 Å². The van der Waals surface area contributed by atoms with Crippen molar-refractivity contribution in [3.8, 4) is 5.75 Å². The Kier molecular flexibility index (Phi) is 7.58. The van der Waals surface area contributed by atoms with Crippen molar-refractivity contribution in [2.45, 2.75) is 71.8 Å². The fraction of sp³-hybridized carbons (Fsp3) is 0.682. The highest BCUT2D eigenvalue weighted by Crippen LogP contribution is 2.31. The zero-order chi connectivity index (χ0) is 20.9. The van der Waals surface area contributed by atoms with E-state index in [2.05, 4.69) is 55.2 Å². The molecule has 0 atom stereocenters. The van der Waals surface area contributed by atoms with Crippen molar-refractivity contribution in [1.82, 2.24) is 10.2 Å². The lowest BCUT2D eigenvalue weighted by molar-refractivity contribution is 0.0477. The summed E-state index contributed by atoms with van der Waals surface area (Å²) < 4.78 is 11.4. The van der Waals surface area contributed by atoms with Gasteiger partial charge in [-0.1, -0.05) is 6.07 Å². The largest absolute Gasteiger partial charge is 0.491 e. The van der Waals surface area contributed by atoms with Crippen molar-refractivity contribution in [1.29, 1.82) is 0 Å². The van der Waals surface area contributed by atoms with E-state index in [-0.39, 0.29) is 18.2 Å². The number of amides is 1. The first-order valence-corrected chi connectivity index (χ1v) is 10.2. The monoisotopic (exact) mass is 391 g/mol. The number of piperidine rings is 1. The van der Waals surface area contributed by atoms with E-state index in [0.717, 1.165) is 38.2 Å². The van der Waals surface area contributed by atoms with Crippen LogP contribution in [0.3, 0.4) is 0 Å². The van der Waals surface area contributed by atoms with Crippen molar-refractivity contribution in [3.05, 3.63) is 23.8 Å². The van der Waals surface area contributed by atoms with Gasteiger partial charge in [-0.3, -0.25) is 4.90 Å². The van der Waals surface area contributed by atoms with E-state index in [1.54, 1.807) is 0 Å². The van der Waals surface area contributed by atoms with Gasteiger partial charge in [0.15, 0.2) is 0 Å². The molecule has 0 bridgehead atoms. The highest BCUT2D eigenvalue weighted by Gasteiger charge is 2.25. The molecule has 0 aromatic heterocycles. The Morgan fingerprint density at radius 3 is 2.43 bits per heavy atom. The van der Waals surface area contributed by atoms with Crippen LogP contribution >= 0.6 is 0 Å². The summed E-state index contributed by atoms with van der Waals surface area (Å²) in [5.41, 5.74) is 1.94. The van der Waals surface area contributed by atoms with Crippen LogP contribution in [0.15, 0.2) is 18.2 Å². The summed E-state index contributed by atoms with van der Waals surface area (Å²) in [7, 11) is 4.13. The van der Waals surface area contributed by atoms with Crippen molar-refractivity contribution in [3.63, 3.8) is 0 Å². The predicted octanol–water partition coefficient (Wildman–Crippen LogP) is 4.03. The number of carbonyl (C=O) groups is 1. The van der Waals surface area contributed by atoms with Crippen molar-refractivity contribution in [2.75, 3.05) is 32.1 Å². The fourth-order valence-electron chi connectivity index (χ4n) is 3.43. The van der Waals surface area contributed by atoms with Crippen LogP contribution in [0, 0.1) is 0 Å². The Morgan fingerprint density at radius 1 is 1.25 bits per heavy atom. The van der Waals surface area contributed by atoms with Crippen LogP contribution < -0.4 is 15.0 Å². The molecule has 1 fully saturated rings. The Balaban J connectivity index is 1.98. The van der Waals surface area contributed by atoms with Crippen LogP contribution in [0.1, 0.15) is 53.0 Å². The molecule has 1 amide bonds. The summed E-state index contributed by atoms with van der Waals surface area (Å²) in [6, 6.07) is 6.41. The molecule has 1 aromatic rings. The number of alkyl carbamates (subject to hydrolysis) is 1. The first-order chi connectivity index (χ1) is 13.0. The summed E-state index contributed by atoms with van der Waals surface area (Å²) >= 11 is 0. The maximum Gasteiger partial charge on any atom is 0.407 e. The van der Waals surface area contributed by atoms with Gasteiger partial charge in [0.1, 0.15) is 11.4 Å². The van der Waals surface area contributed by atoms with Crippen LogP contribution in [0.25, 0.3) is 0 Å². The lowest BCUT2D eigenvalue weighted by atomic mass is 10.0. The Labute approximate surface area is 170 Å². The summed E-state index contributed by atoms with van der Waals surface area (Å²) in [4.78, 5) is 16.6. The van der Waals surface area contributed by atoms with Gasteiger partial charge in [-0.05, 0) is 59.6 Å². The molecule has 0 saturated carbocycles. The lowest BCUT2D eigenvalue weighted by Gasteiger charge is -2.34. The van der Waals surface area contributed by atoms with Gasteiger partial charge in [-0.15, -0.1) is 0 Å². The van der Waals surface area contributed by atoms with Crippen LogP contribution in [0.5, 0.6) is 5.75 Å². The molecule has 6 heteroatoms. The third-order valence-corrected chi connectivity index (χ3v) is 4.64. The number of nitrogens with zero attached hydrogens (tertiary/aromatic N) is 2. The zero-order valence-corrected chi connectivity index (χ0v) is 18.5. The molecule has 0 spiro atoms. The molecule has 2 rings (SSSR count). The minimum Gasteiger partial charge on any atom is -0.491 e. The van der Waals surface area contributed by atoms with Crippen molar-refractivity contribution in [2.24, 2.45) is 0 Å². The number of carbonyl (C=O) groups excluding carboxylic acids is 1. The van der Waals surface area contributed by atoms with Gasteiger partial charge < -0.3 is 19.7 Å². The highest BCUT2D eigenvalue weighted by molar-refractivity contribution is 5.68. The van der Waals surface area contributed by atoms with E-state index in [1.165, 1.54) is 11.3 Å². The smallest absolute Gasteiger partial charge is 0.407 e. The van der Waals surface area contributed by atoms with Crippen LogP contribution in [0.4, 0.5) is 10.5 Å². The molecule has 1 aliphatic heterocycles. The van der Waals surface area contributed by atoms with E-state index in [0.29, 0.717) is 0 Å². The van der Waals surface area contributed by atoms with Crippen LogP contribution in [-0.4, -0.2) is 55.9 Å². The van der Waals surface area contributed by atoms with E-state index in [1.807, 2.05) is 26.8 Å². The molecule has 1 heterocycles. The molecule has 158 valence electrons. The molecular weight excluding hydrogens is 354 g/mol. The van der Waals surface area contributed by atoms with E-state index in [9.17, 15) is 4.79 Å². The molecule has 6 nitrogen and oxygen atoms in total. The average Bonchev–Trinajstić information content (AvgIpc) is 2.55. The maximum absolute atomic E-state index is 12.0.